The number of likely N-dealkylation sites (tertiary alicyclic amines) is 1. The normalized spacial score (nSPS) is 22.0. The summed E-state index contributed by atoms with van der Waals surface area (Å²) in [5.74, 6) is 0.615. The van der Waals surface area contributed by atoms with Crippen LogP contribution < -0.4 is 4.90 Å². The fraction of sp³-hybridized carbons (Fsp3) is 0.700. The second-order valence-electron chi connectivity index (χ2n) is 7.76. The van der Waals surface area contributed by atoms with Gasteiger partial charge in [-0.25, -0.2) is 0 Å². The second kappa shape index (κ2) is 7.23. The van der Waals surface area contributed by atoms with Gasteiger partial charge in [-0.1, -0.05) is 26.0 Å². The predicted octanol–water partition coefficient (Wildman–Crippen LogP) is 3.33. The van der Waals surface area contributed by atoms with Crippen LogP contribution in [0.3, 0.4) is 0 Å². The highest BCUT2D eigenvalue weighted by molar-refractivity contribution is 5.55. The van der Waals surface area contributed by atoms with Gasteiger partial charge in [0.1, 0.15) is 0 Å². The number of piperidine rings is 1. The van der Waals surface area contributed by atoms with E-state index in [1.165, 1.54) is 68.9 Å². The van der Waals surface area contributed by atoms with Gasteiger partial charge in [0.15, 0.2) is 0 Å². The molecule has 2 aliphatic heterocycles. The Bertz CT molecular complexity index is 510. The van der Waals surface area contributed by atoms with Crippen molar-refractivity contribution >= 4 is 5.69 Å². The van der Waals surface area contributed by atoms with Crippen molar-refractivity contribution in [2.24, 2.45) is 0 Å². The molecule has 3 rings (SSSR count). The standard InChI is InChI=1S/C20H33N3/c1-16(2)18-5-6-20(17(3)15-18)23-13-11-22(12-14-23)19-7-9-21(4)10-8-19/h5-6,15-16,19H,7-14H2,1-4H3. The molecule has 0 unspecified atom stereocenters. The largest absolute Gasteiger partial charge is 0.369 e. The Morgan fingerprint density at radius 2 is 1.61 bits per heavy atom. The van der Waals surface area contributed by atoms with Crippen molar-refractivity contribution in [1.82, 2.24) is 9.80 Å². The summed E-state index contributed by atoms with van der Waals surface area (Å²) >= 11 is 0. The molecular weight excluding hydrogens is 282 g/mol. The molecule has 0 spiro atoms. The molecule has 2 fully saturated rings. The van der Waals surface area contributed by atoms with E-state index in [0.717, 1.165) is 6.04 Å². The lowest BCUT2D eigenvalue weighted by Crippen LogP contribution is -2.53. The average Bonchev–Trinajstić information content (AvgIpc) is 2.56. The number of piperazine rings is 1. The van der Waals surface area contributed by atoms with E-state index < -0.39 is 0 Å². The van der Waals surface area contributed by atoms with Crippen molar-refractivity contribution in [3.8, 4) is 0 Å². The molecule has 23 heavy (non-hydrogen) atoms. The van der Waals surface area contributed by atoms with Gasteiger partial charge in [-0.2, -0.15) is 0 Å². The van der Waals surface area contributed by atoms with Gasteiger partial charge in [0.05, 0.1) is 0 Å². The number of nitrogens with zero attached hydrogens (tertiary/aromatic N) is 3. The van der Waals surface area contributed by atoms with E-state index in [4.69, 9.17) is 0 Å². The lowest BCUT2D eigenvalue weighted by atomic mass is 9.99. The maximum Gasteiger partial charge on any atom is 0.0397 e. The topological polar surface area (TPSA) is 9.72 Å². The maximum atomic E-state index is 2.74. The summed E-state index contributed by atoms with van der Waals surface area (Å²) in [7, 11) is 2.25. The van der Waals surface area contributed by atoms with E-state index in [1.807, 2.05) is 0 Å². The Morgan fingerprint density at radius 1 is 0.957 bits per heavy atom. The first kappa shape index (κ1) is 16.8. The Hall–Kier alpha value is -1.06. The third-order valence-electron chi connectivity index (χ3n) is 5.75. The highest BCUT2D eigenvalue weighted by atomic mass is 15.3. The molecule has 0 bridgehead atoms. The van der Waals surface area contributed by atoms with Gasteiger partial charge in [0, 0.05) is 37.9 Å². The van der Waals surface area contributed by atoms with Crippen molar-refractivity contribution in [2.75, 3.05) is 51.2 Å². The Kier molecular flexibility index (Phi) is 5.27. The average molecular weight is 316 g/mol. The zero-order chi connectivity index (χ0) is 16.4. The van der Waals surface area contributed by atoms with Crippen LogP contribution in [0, 0.1) is 6.92 Å². The smallest absolute Gasteiger partial charge is 0.0397 e. The Balaban J connectivity index is 1.58. The molecule has 0 atom stereocenters. The number of anilines is 1. The molecule has 1 aromatic carbocycles. The highest BCUT2D eigenvalue weighted by Gasteiger charge is 2.26. The molecule has 0 aromatic heterocycles. The van der Waals surface area contributed by atoms with Gasteiger partial charge in [-0.05, 0) is 63.0 Å². The predicted molar refractivity (Wildman–Crippen MR) is 99.6 cm³/mol. The van der Waals surface area contributed by atoms with Crippen molar-refractivity contribution in [3.05, 3.63) is 29.3 Å². The summed E-state index contributed by atoms with van der Waals surface area (Å²) in [5.41, 5.74) is 4.33. The minimum atomic E-state index is 0.615. The van der Waals surface area contributed by atoms with E-state index in [9.17, 15) is 0 Å². The van der Waals surface area contributed by atoms with Crippen molar-refractivity contribution < 1.29 is 0 Å². The van der Waals surface area contributed by atoms with Crippen LogP contribution >= 0.6 is 0 Å². The summed E-state index contributed by atoms with van der Waals surface area (Å²) in [6.07, 6.45) is 2.69. The number of benzene rings is 1. The fourth-order valence-electron chi connectivity index (χ4n) is 4.08. The monoisotopic (exact) mass is 315 g/mol. The summed E-state index contributed by atoms with van der Waals surface area (Å²) in [4.78, 5) is 7.79. The van der Waals surface area contributed by atoms with E-state index >= 15 is 0 Å². The van der Waals surface area contributed by atoms with Crippen LogP contribution in [0.5, 0.6) is 0 Å². The molecule has 2 aliphatic rings. The van der Waals surface area contributed by atoms with E-state index in [-0.39, 0.29) is 0 Å². The number of aryl methyl sites for hydroxylation is 1. The first-order valence-corrected chi connectivity index (χ1v) is 9.32. The van der Waals surface area contributed by atoms with E-state index in [1.54, 1.807) is 0 Å². The molecular formula is C20H33N3. The first-order valence-electron chi connectivity index (χ1n) is 9.32. The summed E-state index contributed by atoms with van der Waals surface area (Å²) in [6.45, 7) is 14.1. The Labute approximate surface area is 142 Å². The van der Waals surface area contributed by atoms with Gasteiger partial charge in [0.25, 0.3) is 0 Å². The van der Waals surface area contributed by atoms with Gasteiger partial charge in [-0.3, -0.25) is 4.90 Å². The van der Waals surface area contributed by atoms with Gasteiger partial charge < -0.3 is 9.80 Å². The van der Waals surface area contributed by atoms with Crippen LogP contribution in [0.4, 0.5) is 5.69 Å². The van der Waals surface area contributed by atoms with Crippen molar-refractivity contribution in [3.63, 3.8) is 0 Å². The molecule has 0 aliphatic carbocycles. The molecule has 1 aromatic rings. The van der Waals surface area contributed by atoms with Gasteiger partial charge >= 0.3 is 0 Å². The molecule has 0 N–H and O–H groups in total. The quantitative estimate of drug-likeness (QED) is 0.847. The third kappa shape index (κ3) is 3.89. The lowest BCUT2D eigenvalue weighted by molar-refractivity contribution is 0.115. The minimum absolute atomic E-state index is 0.615. The van der Waals surface area contributed by atoms with Crippen LogP contribution in [0.1, 0.15) is 43.7 Å². The number of hydrogen-bond donors (Lipinski definition) is 0. The SMILES string of the molecule is Cc1cc(C(C)C)ccc1N1CCN(C2CCN(C)CC2)CC1. The van der Waals surface area contributed by atoms with E-state index in [0.29, 0.717) is 5.92 Å². The molecule has 0 amide bonds. The van der Waals surface area contributed by atoms with Crippen LogP contribution in [-0.4, -0.2) is 62.2 Å². The van der Waals surface area contributed by atoms with Crippen LogP contribution in [-0.2, 0) is 0 Å². The number of rotatable bonds is 3. The highest BCUT2D eigenvalue weighted by Crippen LogP contribution is 2.26. The minimum Gasteiger partial charge on any atom is -0.369 e. The molecule has 0 saturated carbocycles. The zero-order valence-corrected chi connectivity index (χ0v) is 15.4. The fourth-order valence-corrected chi connectivity index (χ4v) is 4.08. The van der Waals surface area contributed by atoms with Crippen LogP contribution in [0.15, 0.2) is 18.2 Å². The van der Waals surface area contributed by atoms with Crippen LogP contribution in [0.25, 0.3) is 0 Å². The maximum absolute atomic E-state index is 2.74. The van der Waals surface area contributed by atoms with Gasteiger partial charge in [0.2, 0.25) is 0 Å². The molecule has 2 saturated heterocycles. The first-order chi connectivity index (χ1) is 11.0. The number of hydrogen-bond acceptors (Lipinski definition) is 3. The molecule has 128 valence electrons. The summed E-state index contributed by atoms with van der Waals surface area (Å²) in [5, 5.41) is 0. The lowest BCUT2D eigenvalue weighted by Gasteiger charge is -2.43. The second-order valence-corrected chi connectivity index (χ2v) is 7.76. The Morgan fingerprint density at radius 3 is 2.17 bits per heavy atom. The molecule has 3 nitrogen and oxygen atoms in total. The van der Waals surface area contributed by atoms with Gasteiger partial charge in [-0.15, -0.1) is 0 Å². The summed E-state index contributed by atoms with van der Waals surface area (Å²) in [6, 6.07) is 7.85. The van der Waals surface area contributed by atoms with Crippen LogP contribution in [0.2, 0.25) is 0 Å². The zero-order valence-electron chi connectivity index (χ0n) is 15.4. The molecule has 3 heteroatoms. The molecule has 0 radical (unpaired) electrons. The third-order valence-corrected chi connectivity index (χ3v) is 5.75. The summed E-state index contributed by atoms with van der Waals surface area (Å²) < 4.78 is 0. The molecule has 2 heterocycles. The van der Waals surface area contributed by atoms with E-state index in [2.05, 4.69) is 60.7 Å². The van der Waals surface area contributed by atoms with Crippen molar-refractivity contribution in [2.45, 2.75) is 45.6 Å². The van der Waals surface area contributed by atoms with Crippen molar-refractivity contribution in [1.29, 1.82) is 0 Å².